The van der Waals surface area contributed by atoms with Gasteiger partial charge in [-0.3, -0.25) is 14.8 Å². The summed E-state index contributed by atoms with van der Waals surface area (Å²) in [5.41, 5.74) is 7.11. The maximum Gasteiger partial charge on any atom is 0.329 e. The number of ether oxygens (including phenoxy) is 3. The van der Waals surface area contributed by atoms with Gasteiger partial charge in [-0.15, -0.1) is 0 Å². The number of fused-ring (bicyclic) bond motifs is 1. The molecule has 4 rings (SSSR count). The van der Waals surface area contributed by atoms with E-state index in [1.807, 2.05) is 0 Å². The van der Waals surface area contributed by atoms with Crippen molar-refractivity contribution in [1.29, 1.82) is 0 Å². The van der Waals surface area contributed by atoms with Gasteiger partial charge < -0.3 is 19.9 Å². The number of nitrogens with zero attached hydrogens (tertiary/aromatic N) is 3. The van der Waals surface area contributed by atoms with Crippen LogP contribution < -0.4 is 25.0 Å². The minimum absolute atomic E-state index is 0.0617. The van der Waals surface area contributed by atoms with Crippen LogP contribution in [0.2, 0.25) is 0 Å². The number of carbonyl (C=O) groups is 1. The molecule has 1 aromatic heterocycles. The van der Waals surface area contributed by atoms with E-state index in [-0.39, 0.29) is 30.5 Å². The standard InChI is InChI=1S/C21H24F2N4O4/c1-29-16-6-17(30-2)19(23)20(18(16)22)27-10-13-8-25-14(7-24)5-15(13)26(21(27)28)9-12-3-4-31-11-12/h5-6,8,12H,3-4,7,9-11,24H2,1-2H3/t12-/m0/s1. The zero-order chi connectivity index (χ0) is 22.1. The van der Waals surface area contributed by atoms with E-state index in [2.05, 4.69) is 4.98 Å². The van der Waals surface area contributed by atoms with Crippen LogP contribution >= 0.6 is 0 Å². The number of amides is 2. The molecular formula is C21H24F2N4O4. The van der Waals surface area contributed by atoms with Crippen molar-refractivity contribution in [3.8, 4) is 11.5 Å². The number of pyridine rings is 1. The van der Waals surface area contributed by atoms with E-state index < -0.39 is 23.4 Å². The van der Waals surface area contributed by atoms with Crippen LogP contribution in [-0.2, 0) is 17.8 Å². The van der Waals surface area contributed by atoms with Gasteiger partial charge in [-0.1, -0.05) is 0 Å². The van der Waals surface area contributed by atoms with Gasteiger partial charge in [0.1, 0.15) is 5.69 Å². The summed E-state index contributed by atoms with van der Waals surface area (Å²) in [6.07, 6.45) is 2.38. The predicted octanol–water partition coefficient (Wildman–Crippen LogP) is 2.82. The first-order valence-corrected chi connectivity index (χ1v) is 9.93. The lowest BCUT2D eigenvalue weighted by atomic mass is 10.0. The fourth-order valence-corrected chi connectivity index (χ4v) is 3.93. The monoisotopic (exact) mass is 434 g/mol. The molecule has 0 saturated carbocycles. The predicted molar refractivity (Wildman–Crippen MR) is 109 cm³/mol. The zero-order valence-corrected chi connectivity index (χ0v) is 17.4. The smallest absolute Gasteiger partial charge is 0.329 e. The lowest BCUT2D eigenvalue weighted by Gasteiger charge is -2.38. The number of aromatic nitrogens is 1. The van der Waals surface area contributed by atoms with Crippen molar-refractivity contribution in [3.05, 3.63) is 41.2 Å². The van der Waals surface area contributed by atoms with Gasteiger partial charge in [0.25, 0.3) is 0 Å². The summed E-state index contributed by atoms with van der Waals surface area (Å²) >= 11 is 0. The molecule has 2 aliphatic heterocycles. The number of nitrogens with two attached hydrogens (primary N) is 1. The highest BCUT2D eigenvalue weighted by atomic mass is 19.1. The van der Waals surface area contributed by atoms with Crippen molar-refractivity contribution in [1.82, 2.24) is 4.98 Å². The number of halogens is 2. The van der Waals surface area contributed by atoms with Crippen molar-refractivity contribution in [2.75, 3.05) is 43.8 Å². The van der Waals surface area contributed by atoms with Crippen molar-refractivity contribution < 1.29 is 27.8 Å². The number of anilines is 2. The first-order chi connectivity index (χ1) is 15.0. The highest BCUT2D eigenvalue weighted by molar-refractivity contribution is 6.06. The van der Waals surface area contributed by atoms with Crippen LogP contribution in [0, 0.1) is 17.6 Å². The van der Waals surface area contributed by atoms with E-state index in [4.69, 9.17) is 19.9 Å². The molecule has 0 radical (unpaired) electrons. The summed E-state index contributed by atoms with van der Waals surface area (Å²) < 4.78 is 45.8. The van der Waals surface area contributed by atoms with Crippen LogP contribution in [0.25, 0.3) is 0 Å². The molecule has 31 heavy (non-hydrogen) atoms. The van der Waals surface area contributed by atoms with Gasteiger partial charge in [0.2, 0.25) is 0 Å². The molecule has 0 spiro atoms. The van der Waals surface area contributed by atoms with Crippen LogP contribution in [0.4, 0.5) is 25.0 Å². The fourth-order valence-electron chi connectivity index (χ4n) is 3.93. The molecule has 8 nitrogen and oxygen atoms in total. The van der Waals surface area contributed by atoms with Gasteiger partial charge in [0.15, 0.2) is 23.1 Å². The second kappa shape index (κ2) is 8.64. The lowest BCUT2D eigenvalue weighted by Crippen LogP contribution is -2.50. The third-order valence-corrected chi connectivity index (χ3v) is 5.59. The van der Waals surface area contributed by atoms with Gasteiger partial charge in [-0.2, -0.15) is 0 Å². The van der Waals surface area contributed by atoms with Crippen LogP contribution in [-0.4, -0.2) is 45.0 Å². The number of urea groups is 1. The largest absolute Gasteiger partial charge is 0.493 e. The number of carbonyl (C=O) groups excluding carboxylic acids is 1. The molecule has 2 aliphatic rings. The Morgan fingerprint density at radius 2 is 1.94 bits per heavy atom. The minimum Gasteiger partial charge on any atom is -0.493 e. The molecular weight excluding hydrogens is 410 g/mol. The molecule has 2 aromatic rings. The Morgan fingerprint density at radius 1 is 1.23 bits per heavy atom. The molecule has 1 aromatic carbocycles. The maximum absolute atomic E-state index is 15.1. The summed E-state index contributed by atoms with van der Waals surface area (Å²) in [7, 11) is 2.52. The SMILES string of the molecule is COc1cc(OC)c(F)c(N2Cc3cnc(CN)cc3N(C[C@@H]3CCOC3)C2=O)c1F. The summed E-state index contributed by atoms with van der Waals surface area (Å²) in [4.78, 5) is 20.4. The fraction of sp³-hybridized carbons (Fsp3) is 0.429. The molecule has 2 amide bonds. The van der Waals surface area contributed by atoms with Crippen LogP contribution in [0.3, 0.4) is 0 Å². The molecule has 0 bridgehead atoms. The summed E-state index contributed by atoms with van der Waals surface area (Å²) in [6.45, 7) is 1.63. The average Bonchev–Trinajstić information content (AvgIpc) is 3.29. The number of methoxy groups -OCH3 is 2. The number of hydrogen-bond acceptors (Lipinski definition) is 6. The van der Waals surface area contributed by atoms with Crippen LogP contribution in [0.15, 0.2) is 18.3 Å². The highest BCUT2D eigenvalue weighted by Gasteiger charge is 2.38. The van der Waals surface area contributed by atoms with E-state index in [0.29, 0.717) is 36.7 Å². The summed E-state index contributed by atoms with van der Waals surface area (Å²) in [5, 5.41) is 0. The Morgan fingerprint density at radius 3 is 2.52 bits per heavy atom. The quantitative estimate of drug-likeness (QED) is 0.752. The van der Waals surface area contributed by atoms with E-state index >= 15 is 8.78 Å². The van der Waals surface area contributed by atoms with Gasteiger partial charge in [-0.05, 0) is 12.5 Å². The minimum atomic E-state index is -0.978. The normalized spacial score (nSPS) is 18.4. The Labute approximate surface area is 178 Å². The van der Waals surface area contributed by atoms with Crippen molar-refractivity contribution in [3.63, 3.8) is 0 Å². The maximum atomic E-state index is 15.1. The topological polar surface area (TPSA) is 90.2 Å². The molecule has 0 unspecified atom stereocenters. The van der Waals surface area contributed by atoms with E-state index in [1.165, 1.54) is 19.1 Å². The molecule has 166 valence electrons. The third kappa shape index (κ3) is 3.77. The molecule has 1 atom stereocenters. The number of rotatable bonds is 6. The van der Waals surface area contributed by atoms with Crippen LogP contribution in [0.1, 0.15) is 17.7 Å². The summed E-state index contributed by atoms with van der Waals surface area (Å²) in [5.74, 6) is -2.29. The Hall–Kier alpha value is -2.98. The first-order valence-electron chi connectivity index (χ1n) is 9.93. The summed E-state index contributed by atoms with van der Waals surface area (Å²) in [6, 6.07) is 2.31. The molecule has 0 aliphatic carbocycles. The molecule has 1 fully saturated rings. The highest BCUT2D eigenvalue weighted by Crippen LogP contribution is 2.41. The van der Waals surface area contributed by atoms with Crippen molar-refractivity contribution >= 4 is 17.4 Å². The Balaban J connectivity index is 1.82. The third-order valence-electron chi connectivity index (χ3n) is 5.59. The number of benzene rings is 1. The van der Waals surface area contributed by atoms with Gasteiger partial charge in [0.05, 0.1) is 38.8 Å². The van der Waals surface area contributed by atoms with E-state index in [9.17, 15) is 4.79 Å². The number of hydrogen-bond donors (Lipinski definition) is 1. The molecule has 3 heterocycles. The van der Waals surface area contributed by atoms with Crippen molar-refractivity contribution in [2.24, 2.45) is 11.7 Å². The van der Waals surface area contributed by atoms with E-state index in [0.717, 1.165) is 17.4 Å². The molecule has 2 N–H and O–H groups in total. The van der Waals surface area contributed by atoms with Crippen molar-refractivity contribution in [2.45, 2.75) is 19.5 Å². The van der Waals surface area contributed by atoms with E-state index in [1.54, 1.807) is 12.3 Å². The van der Waals surface area contributed by atoms with Crippen LogP contribution in [0.5, 0.6) is 11.5 Å². The van der Waals surface area contributed by atoms with Gasteiger partial charge in [0, 0.05) is 43.4 Å². The molecule has 1 saturated heterocycles. The van der Waals surface area contributed by atoms with Gasteiger partial charge in [-0.25, -0.2) is 13.6 Å². The lowest BCUT2D eigenvalue weighted by molar-refractivity contribution is 0.186. The average molecular weight is 434 g/mol. The first kappa shape index (κ1) is 21.3. The zero-order valence-electron chi connectivity index (χ0n) is 17.4. The second-order valence-corrected chi connectivity index (χ2v) is 7.48. The Kier molecular flexibility index (Phi) is 5.92. The van der Waals surface area contributed by atoms with Gasteiger partial charge >= 0.3 is 6.03 Å². The second-order valence-electron chi connectivity index (χ2n) is 7.48. The molecule has 10 heteroatoms. The Bertz CT molecular complexity index is 970.